The van der Waals surface area contributed by atoms with Gasteiger partial charge in [0.1, 0.15) is 17.9 Å². The van der Waals surface area contributed by atoms with Gasteiger partial charge in [0, 0.05) is 32.2 Å². The van der Waals surface area contributed by atoms with Gasteiger partial charge in [0.15, 0.2) is 5.82 Å². The highest BCUT2D eigenvalue weighted by Gasteiger charge is 2.31. The summed E-state index contributed by atoms with van der Waals surface area (Å²) in [7, 11) is 3.25. The van der Waals surface area contributed by atoms with Gasteiger partial charge in [-0.15, -0.1) is 0 Å². The van der Waals surface area contributed by atoms with Crippen LogP contribution in [-0.4, -0.2) is 57.3 Å². The number of rotatable bonds is 6. The van der Waals surface area contributed by atoms with E-state index in [4.69, 9.17) is 14.2 Å². The van der Waals surface area contributed by atoms with Gasteiger partial charge in [-0.05, 0) is 26.8 Å². The number of hydrogen-bond acceptors (Lipinski definition) is 7. The molecular formula is C19H28N6O5. The van der Waals surface area contributed by atoms with Crippen LogP contribution in [0.2, 0.25) is 0 Å². The summed E-state index contributed by atoms with van der Waals surface area (Å²) in [6.45, 7) is 6.26. The second kappa shape index (κ2) is 8.84. The van der Waals surface area contributed by atoms with Crippen molar-refractivity contribution in [1.82, 2.24) is 25.3 Å². The second-order valence-corrected chi connectivity index (χ2v) is 8.20. The molecule has 1 saturated heterocycles. The number of hydrogen-bond donors (Lipinski definition) is 3. The molecule has 11 heteroatoms. The van der Waals surface area contributed by atoms with E-state index >= 15 is 0 Å². The lowest BCUT2D eigenvalue weighted by Crippen LogP contribution is -2.42. The van der Waals surface area contributed by atoms with Crippen molar-refractivity contribution in [2.75, 3.05) is 19.0 Å². The molecule has 0 bridgehead atoms. The zero-order valence-electron chi connectivity index (χ0n) is 17.8. The van der Waals surface area contributed by atoms with Gasteiger partial charge in [-0.3, -0.25) is 14.6 Å². The summed E-state index contributed by atoms with van der Waals surface area (Å²) >= 11 is 0. The number of methoxy groups -OCH3 is 1. The Bertz CT molecular complexity index is 900. The average molecular weight is 420 g/mol. The van der Waals surface area contributed by atoms with Gasteiger partial charge in [0.25, 0.3) is 5.91 Å². The van der Waals surface area contributed by atoms with E-state index in [0.29, 0.717) is 42.5 Å². The van der Waals surface area contributed by atoms with Crippen LogP contribution in [0.15, 0.2) is 12.1 Å². The van der Waals surface area contributed by atoms with Crippen LogP contribution in [0.4, 0.5) is 10.6 Å². The van der Waals surface area contributed by atoms with Crippen LogP contribution in [0.3, 0.4) is 0 Å². The summed E-state index contributed by atoms with van der Waals surface area (Å²) in [5, 5.41) is 16.7. The molecule has 164 valence electrons. The molecule has 1 fully saturated rings. The van der Waals surface area contributed by atoms with Gasteiger partial charge in [-0.1, -0.05) is 0 Å². The summed E-state index contributed by atoms with van der Waals surface area (Å²) in [6, 6.07) is 3.36. The maximum Gasteiger partial charge on any atom is 0.407 e. The number of ether oxygens (including phenoxy) is 3. The molecule has 0 aromatic carbocycles. The minimum Gasteiger partial charge on any atom is -0.444 e. The first-order valence-electron chi connectivity index (χ1n) is 9.63. The lowest BCUT2D eigenvalue weighted by atomic mass is 10.1. The van der Waals surface area contributed by atoms with Crippen molar-refractivity contribution in [3.05, 3.63) is 29.2 Å². The summed E-state index contributed by atoms with van der Waals surface area (Å²) < 4.78 is 17.6. The van der Waals surface area contributed by atoms with Gasteiger partial charge < -0.3 is 24.8 Å². The number of amides is 2. The number of H-pyrrole nitrogens is 1. The van der Waals surface area contributed by atoms with E-state index in [9.17, 15) is 9.59 Å². The number of alkyl carbamates (subject to hydrolysis) is 1. The Morgan fingerprint density at radius 3 is 2.83 bits per heavy atom. The normalized spacial score (nSPS) is 19.0. The molecule has 2 aromatic heterocycles. The topological polar surface area (TPSA) is 132 Å². The van der Waals surface area contributed by atoms with E-state index in [2.05, 4.69) is 25.9 Å². The number of carbonyl (C=O) groups is 2. The molecule has 1 aliphatic rings. The summed E-state index contributed by atoms with van der Waals surface area (Å²) in [6.07, 6.45) is -0.638. The molecule has 0 radical (unpaired) electrons. The zero-order valence-corrected chi connectivity index (χ0v) is 17.8. The minimum atomic E-state index is -0.474. The quantitative estimate of drug-likeness (QED) is 0.650. The molecule has 30 heavy (non-hydrogen) atoms. The van der Waals surface area contributed by atoms with Gasteiger partial charge in [0.05, 0.1) is 24.6 Å². The maximum absolute atomic E-state index is 12.5. The third kappa shape index (κ3) is 5.57. The number of aryl methyl sites for hydroxylation is 1. The lowest BCUT2D eigenvalue weighted by molar-refractivity contribution is 0.0661. The van der Waals surface area contributed by atoms with Gasteiger partial charge in [-0.25, -0.2) is 4.79 Å². The molecule has 2 amide bonds. The van der Waals surface area contributed by atoms with Crippen LogP contribution in [0, 0.1) is 0 Å². The monoisotopic (exact) mass is 420 g/mol. The second-order valence-electron chi connectivity index (χ2n) is 8.20. The molecule has 0 aliphatic carbocycles. The summed E-state index contributed by atoms with van der Waals surface area (Å²) in [5.41, 5.74) is 1.37. The summed E-state index contributed by atoms with van der Waals surface area (Å²) in [5.74, 6) is 0.0285. The largest absolute Gasteiger partial charge is 0.444 e. The summed E-state index contributed by atoms with van der Waals surface area (Å²) in [4.78, 5) is 24.4. The number of aromatic amines is 1. The fourth-order valence-electron chi connectivity index (χ4n) is 3.09. The van der Waals surface area contributed by atoms with Crippen LogP contribution in [0.1, 0.15) is 55.2 Å². The lowest BCUT2D eigenvalue weighted by Gasteiger charge is -2.21. The third-order valence-corrected chi connectivity index (χ3v) is 4.35. The molecule has 3 rings (SSSR count). The first-order valence-corrected chi connectivity index (χ1v) is 9.63. The van der Waals surface area contributed by atoms with Crippen molar-refractivity contribution in [3.63, 3.8) is 0 Å². The van der Waals surface area contributed by atoms with Crippen LogP contribution in [0.5, 0.6) is 0 Å². The highest BCUT2D eigenvalue weighted by Crippen LogP contribution is 2.30. The first-order chi connectivity index (χ1) is 14.1. The van der Waals surface area contributed by atoms with E-state index in [0.717, 1.165) is 0 Å². The molecule has 0 saturated carbocycles. The Labute approximate surface area is 174 Å². The standard InChI is InChI=1S/C19H28N6O5/c1-19(2,3)21-18(27)30-12-7-15(29-10-12)13-8-16(23-22-13)20-17(26)14-6-11(9-28-5)24-25(14)4/h6,8,12,15H,7,9-10H2,1-5H3,(H,21,27)(H2,20,22,23,26). The number of nitrogens with zero attached hydrogens (tertiary/aromatic N) is 3. The molecule has 3 heterocycles. The Hall–Kier alpha value is -2.92. The van der Waals surface area contributed by atoms with Gasteiger partial charge in [0.2, 0.25) is 0 Å². The highest BCUT2D eigenvalue weighted by atomic mass is 16.6. The molecule has 3 N–H and O–H groups in total. The number of carbonyl (C=O) groups excluding carboxylic acids is 2. The fourth-order valence-corrected chi connectivity index (χ4v) is 3.09. The van der Waals surface area contributed by atoms with Crippen LogP contribution in [0.25, 0.3) is 0 Å². The smallest absolute Gasteiger partial charge is 0.407 e. The molecule has 1 aliphatic heterocycles. The number of anilines is 1. The molecule has 2 aromatic rings. The molecule has 2 unspecified atom stereocenters. The van der Waals surface area contributed by atoms with E-state index in [-0.39, 0.29) is 23.7 Å². The van der Waals surface area contributed by atoms with Crippen LogP contribution in [-0.2, 0) is 27.9 Å². The Kier molecular flexibility index (Phi) is 6.42. The van der Waals surface area contributed by atoms with Crippen molar-refractivity contribution < 1.29 is 23.8 Å². The number of nitrogens with one attached hydrogen (secondary N) is 3. The van der Waals surface area contributed by atoms with E-state index in [1.54, 1.807) is 26.3 Å². The van der Waals surface area contributed by atoms with Crippen molar-refractivity contribution >= 4 is 17.8 Å². The molecular weight excluding hydrogens is 392 g/mol. The van der Waals surface area contributed by atoms with Crippen molar-refractivity contribution in [2.45, 2.75) is 51.5 Å². The fraction of sp³-hybridized carbons (Fsp3) is 0.579. The Balaban J connectivity index is 1.55. The predicted molar refractivity (Wildman–Crippen MR) is 107 cm³/mol. The Morgan fingerprint density at radius 1 is 1.37 bits per heavy atom. The third-order valence-electron chi connectivity index (χ3n) is 4.35. The number of aromatic nitrogens is 4. The minimum absolute atomic E-state index is 0.292. The van der Waals surface area contributed by atoms with E-state index < -0.39 is 6.09 Å². The SMILES string of the molecule is COCc1cc(C(=O)Nc2cc(C3CC(OC(=O)NC(C)(C)C)CO3)[nH]n2)n(C)n1. The Morgan fingerprint density at radius 2 is 2.13 bits per heavy atom. The van der Waals surface area contributed by atoms with Crippen molar-refractivity contribution in [1.29, 1.82) is 0 Å². The maximum atomic E-state index is 12.5. The van der Waals surface area contributed by atoms with Gasteiger partial charge in [-0.2, -0.15) is 10.2 Å². The first kappa shape index (κ1) is 21.8. The zero-order chi connectivity index (χ0) is 21.9. The van der Waals surface area contributed by atoms with Crippen molar-refractivity contribution in [2.24, 2.45) is 7.05 Å². The van der Waals surface area contributed by atoms with Crippen molar-refractivity contribution in [3.8, 4) is 0 Å². The van der Waals surface area contributed by atoms with Crippen LogP contribution < -0.4 is 10.6 Å². The highest BCUT2D eigenvalue weighted by molar-refractivity contribution is 6.02. The predicted octanol–water partition coefficient (Wildman–Crippen LogP) is 1.90. The van der Waals surface area contributed by atoms with Crippen LogP contribution >= 0.6 is 0 Å². The molecule has 2 atom stereocenters. The molecule has 11 nitrogen and oxygen atoms in total. The molecule has 0 spiro atoms. The van der Waals surface area contributed by atoms with Gasteiger partial charge >= 0.3 is 6.09 Å². The average Bonchev–Trinajstić information content (AvgIpc) is 3.34. The van der Waals surface area contributed by atoms with E-state index in [1.807, 2.05) is 20.8 Å². The van der Waals surface area contributed by atoms with E-state index in [1.165, 1.54) is 4.68 Å².